The SMILES string of the molecule is O=C(O)N[C@H](C(=O)n1cccc1-c1ncc(-c2ccc3c(c2)O[C@@H](c2ccccc2)n2c(Br)cnc2-3)[nH]1)c1ccccc1. The van der Waals surface area contributed by atoms with Gasteiger partial charge >= 0.3 is 6.09 Å². The molecule has 0 bridgehead atoms. The van der Waals surface area contributed by atoms with Crippen LogP contribution in [0.2, 0.25) is 0 Å². The maximum absolute atomic E-state index is 13.6. The number of nitrogens with zero attached hydrogens (tertiary/aromatic N) is 4. The first-order valence-electron chi connectivity index (χ1n) is 13.4. The lowest BCUT2D eigenvalue weighted by Gasteiger charge is -2.29. The first kappa shape index (κ1) is 26.5. The number of hydrogen-bond acceptors (Lipinski definition) is 5. The highest BCUT2D eigenvalue weighted by molar-refractivity contribution is 9.10. The highest BCUT2D eigenvalue weighted by Gasteiger charge is 2.30. The van der Waals surface area contributed by atoms with Crippen molar-refractivity contribution in [2.75, 3.05) is 0 Å². The highest BCUT2D eigenvalue weighted by atomic mass is 79.9. The molecule has 3 N–H and O–H groups in total. The van der Waals surface area contributed by atoms with Gasteiger partial charge in [0.15, 0.2) is 5.82 Å². The quantitative estimate of drug-likeness (QED) is 0.186. The second kappa shape index (κ2) is 10.8. The predicted molar refractivity (Wildman–Crippen MR) is 163 cm³/mol. The van der Waals surface area contributed by atoms with E-state index < -0.39 is 24.3 Å². The Kier molecular flexibility index (Phi) is 6.63. The molecule has 7 rings (SSSR count). The van der Waals surface area contributed by atoms with Gasteiger partial charge in [0.25, 0.3) is 5.91 Å². The van der Waals surface area contributed by atoms with Gasteiger partial charge < -0.3 is 20.1 Å². The number of amides is 1. The van der Waals surface area contributed by atoms with Gasteiger partial charge in [-0.2, -0.15) is 0 Å². The standard InChI is InChI=1S/C32H23BrN6O4/c33-26-18-35-29-22-14-13-21(16-25(22)43-31(39(26)29)20-10-5-2-6-11-20)23-17-34-28(36-23)24-12-7-15-38(24)30(40)27(37-32(41)42)19-8-3-1-4-9-19/h1-18,27,31,37H,(H,34,36)(H,41,42)/t27-,31-/m0/s1. The lowest BCUT2D eigenvalue weighted by Crippen LogP contribution is -2.35. The lowest BCUT2D eigenvalue weighted by molar-refractivity contribution is 0.0856. The zero-order valence-electron chi connectivity index (χ0n) is 22.4. The Hall–Kier alpha value is -5.42. The maximum Gasteiger partial charge on any atom is 0.405 e. The molecule has 43 heavy (non-hydrogen) atoms. The summed E-state index contributed by atoms with van der Waals surface area (Å²) >= 11 is 3.61. The molecule has 3 aromatic carbocycles. The molecule has 11 heteroatoms. The summed E-state index contributed by atoms with van der Waals surface area (Å²) in [6.45, 7) is 0. The third-order valence-electron chi connectivity index (χ3n) is 7.30. The predicted octanol–water partition coefficient (Wildman–Crippen LogP) is 6.76. The second-order valence-electron chi connectivity index (χ2n) is 9.91. The van der Waals surface area contributed by atoms with Crippen LogP contribution in [-0.2, 0) is 0 Å². The van der Waals surface area contributed by atoms with Crippen molar-refractivity contribution in [2.24, 2.45) is 0 Å². The number of halogens is 1. The minimum absolute atomic E-state index is 0.403. The Morgan fingerprint density at radius 2 is 1.72 bits per heavy atom. The van der Waals surface area contributed by atoms with E-state index in [-0.39, 0.29) is 0 Å². The minimum Gasteiger partial charge on any atom is -0.465 e. The first-order chi connectivity index (χ1) is 21.0. The van der Waals surface area contributed by atoms with Crippen LogP contribution in [0.5, 0.6) is 5.75 Å². The third-order valence-corrected chi connectivity index (χ3v) is 7.88. The summed E-state index contributed by atoms with van der Waals surface area (Å²) in [5.74, 6) is 1.47. The molecule has 4 heterocycles. The number of hydrogen-bond donors (Lipinski definition) is 3. The lowest BCUT2D eigenvalue weighted by atomic mass is 10.1. The molecule has 212 valence electrons. The van der Waals surface area contributed by atoms with Gasteiger partial charge in [0.1, 0.15) is 22.2 Å². The largest absolute Gasteiger partial charge is 0.465 e. The van der Waals surface area contributed by atoms with Crippen molar-refractivity contribution in [1.29, 1.82) is 0 Å². The van der Waals surface area contributed by atoms with E-state index in [9.17, 15) is 14.7 Å². The Balaban J connectivity index is 1.21. The number of ether oxygens (including phenoxy) is 1. The molecule has 6 aromatic rings. The number of aromatic nitrogens is 5. The van der Waals surface area contributed by atoms with Crippen LogP contribution < -0.4 is 10.1 Å². The number of fused-ring (bicyclic) bond motifs is 3. The molecule has 10 nitrogen and oxygen atoms in total. The number of benzene rings is 3. The summed E-state index contributed by atoms with van der Waals surface area (Å²) in [6, 6.07) is 26.9. The van der Waals surface area contributed by atoms with Gasteiger partial charge in [-0.1, -0.05) is 66.7 Å². The van der Waals surface area contributed by atoms with Crippen LogP contribution in [0.3, 0.4) is 0 Å². The van der Waals surface area contributed by atoms with Crippen molar-refractivity contribution < 1.29 is 19.4 Å². The van der Waals surface area contributed by atoms with Crippen LogP contribution in [0.4, 0.5) is 4.79 Å². The van der Waals surface area contributed by atoms with Gasteiger partial charge in [-0.3, -0.25) is 13.9 Å². The number of carboxylic acid groups (broad SMARTS) is 1. The zero-order chi connectivity index (χ0) is 29.5. The minimum atomic E-state index is -1.30. The van der Waals surface area contributed by atoms with Crippen LogP contribution in [-0.4, -0.2) is 41.2 Å². The van der Waals surface area contributed by atoms with E-state index >= 15 is 0 Å². The van der Waals surface area contributed by atoms with E-state index in [1.165, 1.54) is 4.57 Å². The van der Waals surface area contributed by atoms with E-state index in [0.29, 0.717) is 22.8 Å². The Morgan fingerprint density at radius 3 is 2.49 bits per heavy atom. The number of nitrogens with one attached hydrogen (secondary N) is 2. The molecule has 0 aliphatic carbocycles. The highest BCUT2D eigenvalue weighted by Crippen LogP contribution is 2.43. The number of H-pyrrole nitrogens is 1. The average molecular weight is 635 g/mol. The molecule has 1 aliphatic heterocycles. The molecule has 0 saturated carbocycles. The summed E-state index contributed by atoms with van der Waals surface area (Å²) < 4.78 is 10.8. The monoisotopic (exact) mass is 634 g/mol. The van der Waals surface area contributed by atoms with Gasteiger partial charge in [-0.15, -0.1) is 0 Å². The van der Waals surface area contributed by atoms with E-state index in [4.69, 9.17) is 4.74 Å². The molecule has 3 aromatic heterocycles. The van der Waals surface area contributed by atoms with Crippen molar-refractivity contribution in [3.05, 3.63) is 125 Å². The van der Waals surface area contributed by atoms with Crippen molar-refractivity contribution in [3.8, 4) is 39.9 Å². The van der Waals surface area contributed by atoms with Crippen molar-refractivity contribution in [1.82, 2.24) is 29.4 Å². The number of rotatable bonds is 6. The molecule has 0 unspecified atom stereocenters. The Morgan fingerprint density at radius 1 is 0.953 bits per heavy atom. The molecule has 1 aliphatic rings. The normalized spacial score (nSPS) is 14.3. The summed E-state index contributed by atoms with van der Waals surface area (Å²) in [5.41, 5.74) is 4.43. The molecule has 0 saturated heterocycles. The van der Waals surface area contributed by atoms with Gasteiger partial charge in [-0.05, 0) is 45.8 Å². The smallest absolute Gasteiger partial charge is 0.405 e. The fraction of sp³-hybridized carbons (Fsp3) is 0.0625. The van der Waals surface area contributed by atoms with E-state index in [1.807, 2.05) is 53.1 Å². The Bertz CT molecular complexity index is 1960. The molecule has 0 radical (unpaired) electrons. The average Bonchev–Trinajstić information content (AvgIpc) is 3.80. The summed E-state index contributed by atoms with van der Waals surface area (Å²) in [5, 5.41) is 11.8. The summed E-state index contributed by atoms with van der Waals surface area (Å²) in [4.78, 5) is 37.6. The van der Waals surface area contributed by atoms with Crippen LogP contribution in [0.15, 0.2) is 114 Å². The van der Waals surface area contributed by atoms with Crippen LogP contribution in [0.25, 0.3) is 34.2 Å². The first-order valence-corrected chi connectivity index (χ1v) is 14.2. The van der Waals surface area contributed by atoms with Crippen molar-refractivity contribution >= 4 is 27.9 Å². The maximum atomic E-state index is 13.6. The number of carbonyl (C=O) groups excluding carboxylic acids is 1. The number of carbonyl (C=O) groups is 2. The van der Waals surface area contributed by atoms with Gasteiger partial charge in [0, 0.05) is 17.3 Å². The molecule has 0 spiro atoms. The van der Waals surface area contributed by atoms with Crippen molar-refractivity contribution in [3.63, 3.8) is 0 Å². The van der Waals surface area contributed by atoms with E-state index in [2.05, 4.69) is 36.2 Å². The van der Waals surface area contributed by atoms with Crippen LogP contribution in [0, 0.1) is 0 Å². The van der Waals surface area contributed by atoms with Gasteiger partial charge in [0.2, 0.25) is 6.23 Å². The molecule has 0 fully saturated rings. The van der Waals surface area contributed by atoms with Crippen LogP contribution >= 0.6 is 15.9 Å². The topological polar surface area (TPSA) is 127 Å². The summed E-state index contributed by atoms with van der Waals surface area (Å²) in [7, 11) is 0. The van der Waals surface area contributed by atoms with Crippen LogP contribution in [0.1, 0.15) is 28.2 Å². The summed E-state index contributed by atoms with van der Waals surface area (Å²) in [6.07, 6.45) is 3.35. The fourth-order valence-corrected chi connectivity index (χ4v) is 5.76. The van der Waals surface area contributed by atoms with Gasteiger partial charge in [0.05, 0.1) is 29.3 Å². The molecular weight excluding hydrogens is 612 g/mol. The number of imidazole rings is 2. The fourth-order valence-electron chi connectivity index (χ4n) is 5.30. The van der Waals surface area contributed by atoms with Crippen molar-refractivity contribution in [2.45, 2.75) is 12.3 Å². The molecule has 1 amide bonds. The Labute approximate surface area is 253 Å². The van der Waals surface area contributed by atoms with E-state index in [1.54, 1.807) is 61.1 Å². The van der Waals surface area contributed by atoms with Gasteiger partial charge in [-0.25, -0.2) is 14.8 Å². The van der Waals surface area contributed by atoms with E-state index in [0.717, 1.165) is 32.8 Å². The second-order valence-corrected chi connectivity index (χ2v) is 10.7. The zero-order valence-corrected chi connectivity index (χ0v) is 24.0. The molecule has 2 atom stereocenters. The molecular formula is C32H23BrN6O4. The third kappa shape index (κ3) is 4.79. The number of aromatic amines is 1.